The van der Waals surface area contributed by atoms with Crippen molar-refractivity contribution in [2.75, 3.05) is 13.1 Å². The first-order valence-electron chi connectivity index (χ1n) is 5.88. The van der Waals surface area contributed by atoms with E-state index in [9.17, 15) is 4.79 Å². The highest BCUT2D eigenvalue weighted by Gasteiger charge is 2.65. The molecule has 1 aliphatic heterocycles. The molecule has 0 spiro atoms. The van der Waals surface area contributed by atoms with Crippen LogP contribution < -0.4 is 10.6 Å². The number of halogens is 1. The highest BCUT2D eigenvalue weighted by molar-refractivity contribution is 5.85. The molecule has 1 atom stereocenters. The molecule has 1 unspecified atom stereocenters. The SMILES string of the molecule is CC1(C)C(NC(=O)C2CCNC2)C1(C)C.Cl. The van der Waals surface area contributed by atoms with Crippen LogP contribution in [0.15, 0.2) is 0 Å². The second kappa shape index (κ2) is 4.19. The van der Waals surface area contributed by atoms with Gasteiger partial charge in [0.1, 0.15) is 0 Å². The fourth-order valence-electron chi connectivity index (χ4n) is 2.70. The van der Waals surface area contributed by atoms with Crippen LogP contribution in [0.2, 0.25) is 0 Å². The number of carbonyl (C=O) groups excluding carboxylic acids is 1. The van der Waals surface area contributed by atoms with Gasteiger partial charge in [0.05, 0.1) is 5.92 Å². The number of amides is 1. The molecule has 0 aromatic rings. The Morgan fingerprint density at radius 1 is 1.25 bits per heavy atom. The van der Waals surface area contributed by atoms with Crippen molar-refractivity contribution in [3.63, 3.8) is 0 Å². The second-order valence-electron chi connectivity index (χ2n) is 6.07. The van der Waals surface area contributed by atoms with E-state index in [0.29, 0.717) is 6.04 Å². The Hall–Kier alpha value is -0.280. The van der Waals surface area contributed by atoms with Gasteiger partial charge in [-0.25, -0.2) is 0 Å². The predicted molar refractivity (Wildman–Crippen MR) is 67.7 cm³/mol. The minimum absolute atomic E-state index is 0. The molecular formula is C12H23ClN2O. The van der Waals surface area contributed by atoms with Gasteiger partial charge in [0.15, 0.2) is 0 Å². The maximum Gasteiger partial charge on any atom is 0.224 e. The average Bonchev–Trinajstić information content (AvgIpc) is 2.65. The Bertz CT molecular complexity index is 269. The third kappa shape index (κ3) is 1.95. The summed E-state index contributed by atoms with van der Waals surface area (Å²) in [7, 11) is 0. The van der Waals surface area contributed by atoms with E-state index in [-0.39, 0.29) is 35.1 Å². The largest absolute Gasteiger partial charge is 0.352 e. The number of hydrogen-bond acceptors (Lipinski definition) is 2. The summed E-state index contributed by atoms with van der Waals surface area (Å²) < 4.78 is 0. The smallest absolute Gasteiger partial charge is 0.224 e. The molecule has 1 aliphatic carbocycles. The molecule has 0 bridgehead atoms. The summed E-state index contributed by atoms with van der Waals surface area (Å²) in [6, 6.07) is 0.345. The van der Waals surface area contributed by atoms with Crippen molar-refractivity contribution in [1.29, 1.82) is 0 Å². The lowest BCUT2D eigenvalue weighted by Gasteiger charge is -2.11. The molecule has 1 saturated heterocycles. The van der Waals surface area contributed by atoms with Gasteiger partial charge >= 0.3 is 0 Å². The molecule has 1 amide bonds. The summed E-state index contributed by atoms with van der Waals surface area (Å²) in [5, 5.41) is 6.42. The van der Waals surface area contributed by atoms with Crippen LogP contribution in [0.5, 0.6) is 0 Å². The second-order valence-corrected chi connectivity index (χ2v) is 6.07. The Kier molecular flexibility index (Phi) is 3.61. The van der Waals surface area contributed by atoms with E-state index in [0.717, 1.165) is 19.5 Å². The van der Waals surface area contributed by atoms with E-state index < -0.39 is 0 Å². The summed E-state index contributed by atoms with van der Waals surface area (Å²) in [6.45, 7) is 10.7. The van der Waals surface area contributed by atoms with E-state index in [2.05, 4.69) is 38.3 Å². The first-order valence-corrected chi connectivity index (χ1v) is 5.88. The zero-order chi connectivity index (χ0) is 11.3. The van der Waals surface area contributed by atoms with E-state index in [4.69, 9.17) is 0 Å². The molecule has 2 fully saturated rings. The minimum Gasteiger partial charge on any atom is -0.352 e. The zero-order valence-electron chi connectivity index (χ0n) is 10.6. The number of hydrogen-bond donors (Lipinski definition) is 2. The number of rotatable bonds is 2. The van der Waals surface area contributed by atoms with Gasteiger partial charge in [-0.3, -0.25) is 4.79 Å². The minimum atomic E-state index is 0. The maximum atomic E-state index is 11.9. The van der Waals surface area contributed by atoms with Gasteiger partial charge in [-0.05, 0) is 23.8 Å². The van der Waals surface area contributed by atoms with Crippen molar-refractivity contribution >= 4 is 18.3 Å². The molecule has 2 N–H and O–H groups in total. The van der Waals surface area contributed by atoms with E-state index in [1.165, 1.54) is 0 Å². The molecular weight excluding hydrogens is 224 g/mol. The zero-order valence-corrected chi connectivity index (χ0v) is 11.4. The van der Waals surface area contributed by atoms with Crippen molar-refractivity contribution in [2.45, 2.75) is 40.2 Å². The standard InChI is InChI=1S/C12H22N2O.ClH/c1-11(2)10(12(11,3)4)14-9(15)8-5-6-13-7-8;/h8,10,13H,5-7H2,1-4H3,(H,14,15);1H. The molecule has 2 rings (SSSR count). The molecule has 0 aromatic heterocycles. The Morgan fingerprint density at radius 3 is 2.19 bits per heavy atom. The first-order chi connectivity index (χ1) is 6.87. The van der Waals surface area contributed by atoms with Crippen molar-refractivity contribution < 1.29 is 4.79 Å². The molecule has 4 heteroatoms. The van der Waals surface area contributed by atoms with Crippen molar-refractivity contribution in [2.24, 2.45) is 16.7 Å². The molecule has 0 radical (unpaired) electrons. The summed E-state index contributed by atoms with van der Waals surface area (Å²) in [5.41, 5.74) is 0.489. The predicted octanol–water partition coefficient (Wildman–Crippen LogP) is 1.57. The molecule has 16 heavy (non-hydrogen) atoms. The van der Waals surface area contributed by atoms with Crippen molar-refractivity contribution in [1.82, 2.24) is 10.6 Å². The van der Waals surface area contributed by atoms with Crippen LogP contribution >= 0.6 is 12.4 Å². The molecule has 2 aliphatic rings. The molecule has 94 valence electrons. The van der Waals surface area contributed by atoms with Crippen LogP contribution in [0.1, 0.15) is 34.1 Å². The van der Waals surface area contributed by atoms with Crippen molar-refractivity contribution in [3.8, 4) is 0 Å². The maximum absolute atomic E-state index is 11.9. The van der Waals surface area contributed by atoms with Gasteiger partial charge in [-0.2, -0.15) is 0 Å². The van der Waals surface area contributed by atoms with Crippen LogP contribution in [0, 0.1) is 16.7 Å². The van der Waals surface area contributed by atoms with Crippen LogP contribution in [0.3, 0.4) is 0 Å². The fraction of sp³-hybridized carbons (Fsp3) is 0.917. The summed E-state index contributed by atoms with van der Waals surface area (Å²) >= 11 is 0. The van der Waals surface area contributed by atoms with E-state index in [1.807, 2.05) is 0 Å². The van der Waals surface area contributed by atoms with Gasteiger partial charge in [-0.15, -0.1) is 12.4 Å². The van der Waals surface area contributed by atoms with Gasteiger partial charge in [-0.1, -0.05) is 27.7 Å². The quantitative estimate of drug-likeness (QED) is 0.777. The van der Waals surface area contributed by atoms with Gasteiger partial charge in [0.25, 0.3) is 0 Å². The highest BCUT2D eigenvalue weighted by Crippen LogP contribution is 2.62. The lowest BCUT2D eigenvalue weighted by Crippen LogP contribution is -2.36. The van der Waals surface area contributed by atoms with Gasteiger partial charge in [0, 0.05) is 12.6 Å². The van der Waals surface area contributed by atoms with Crippen LogP contribution in [-0.2, 0) is 4.79 Å². The summed E-state index contributed by atoms with van der Waals surface area (Å²) in [4.78, 5) is 11.9. The average molecular weight is 247 g/mol. The molecule has 3 nitrogen and oxygen atoms in total. The number of nitrogens with one attached hydrogen (secondary N) is 2. The molecule has 1 heterocycles. The normalized spacial score (nSPS) is 30.6. The third-order valence-electron chi connectivity index (χ3n) is 4.74. The number of carbonyl (C=O) groups is 1. The summed E-state index contributed by atoms with van der Waals surface area (Å²) in [5.74, 6) is 0.431. The summed E-state index contributed by atoms with van der Waals surface area (Å²) in [6.07, 6.45) is 0.986. The van der Waals surface area contributed by atoms with Gasteiger partial charge in [0.2, 0.25) is 5.91 Å². The monoisotopic (exact) mass is 246 g/mol. The molecule has 0 aromatic carbocycles. The highest BCUT2D eigenvalue weighted by atomic mass is 35.5. The van der Waals surface area contributed by atoms with Crippen molar-refractivity contribution in [3.05, 3.63) is 0 Å². The van der Waals surface area contributed by atoms with Crippen LogP contribution in [0.25, 0.3) is 0 Å². The van der Waals surface area contributed by atoms with Gasteiger partial charge < -0.3 is 10.6 Å². The first kappa shape index (κ1) is 13.8. The Morgan fingerprint density at radius 2 is 1.81 bits per heavy atom. The topological polar surface area (TPSA) is 41.1 Å². The van der Waals surface area contributed by atoms with E-state index in [1.54, 1.807) is 0 Å². The fourth-order valence-corrected chi connectivity index (χ4v) is 2.70. The van der Waals surface area contributed by atoms with E-state index >= 15 is 0 Å². The lowest BCUT2D eigenvalue weighted by molar-refractivity contribution is -0.124. The molecule has 1 saturated carbocycles. The Labute approximate surface area is 104 Å². The lowest BCUT2D eigenvalue weighted by atomic mass is 10.0. The third-order valence-corrected chi connectivity index (χ3v) is 4.74. The van der Waals surface area contributed by atoms with Crippen LogP contribution in [-0.4, -0.2) is 25.0 Å². The Balaban J connectivity index is 0.00000128. The van der Waals surface area contributed by atoms with Crippen LogP contribution in [0.4, 0.5) is 0 Å².